The Morgan fingerprint density at radius 2 is 2.04 bits per heavy atom. The number of hydrogen-bond donors (Lipinski definition) is 0. The number of thiazole rings is 1. The molecule has 0 atom stereocenters. The number of fused-ring (bicyclic) bond motifs is 1. The maximum absolute atomic E-state index is 12.1. The molecular weight excluding hydrogens is 340 g/mol. The van der Waals surface area contributed by atoms with Gasteiger partial charge in [-0.1, -0.05) is 23.5 Å². The summed E-state index contributed by atoms with van der Waals surface area (Å²) in [5.41, 5.74) is 2.34. The molecule has 0 N–H and O–H groups in total. The van der Waals surface area contributed by atoms with Gasteiger partial charge in [-0.2, -0.15) is 0 Å². The van der Waals surface area contributed by atoms with E-state index in [-0.39, 0.29) is 0 Å². The molecule has 0 aliphatic heterocycles. The van der Waals surface area contributed by atoms with Gasteiger partial charge in [-0.05, 0) is 32.9 Å². The Bertz CT molecular complexity index is 942. The number of imidazole rings is 1. The monoisotopic (exact) mass is 358 g/mol. The number of hydrogen-bond acceptors (Lipinski definition) is 6. The van der Waals surface area contributed by atoms with Gasteiger partial charge in [0.1, 0.15) is 22.0 Å². The van der Waals surface area contributed by atoms with Gasteiger partial charge in [-0.25, -0.2) is 9.78 Å². The summed E-state index contributed by atoms with van der Waals surface area (Å²) in [5, 5.41) is 0. The van der Waals surface area contributed by atoms with Crippen LogP contribution in [0.15, 0.2) is 24.3 Å². The first-order chi connectivity index (χ1) is 12.1. The van der Waals surface area contributed by atoms with Gasteiger partial charge in [0.25, 0.3) is 0 Å². The summed E-state index contributed by atoms with van der Waals surface area (Å²) in [6.45, 7) is 6.25. The van der Waals surface area contributed by atoms with E-state index in [9.17, 15) is 9.59 Å². The van der Waals surface area contributed by atoms with Crippen molar-refractivity contribution in [2.45, 2.75) is 20.8 Å². The van der Waals surface area contributed by atoms with E-state index in [4.69, 9.17) is 9.47 Å². The van der Waals surface area contributed by atoms with Gasteiger partial charge in [0, 0.05) is 11.3 Å². The van der Waals surface area contributed by atoms with Crippen molar-refractivity contribution < 1.29 is 19.1 Å². The standard InChI is InChI=1S/C18H18N2O4S/c1-4-23-14-9-7-6-8-12(14)15-13(10-21)20-11(3)16(17(22)24-5-2)25-18(20)19-15/h6-10H,4-5H2,1-3H3. The molecule has 0 bridgehead atoms. The van der Waals surface area contributed by atoms with Crippen molar-refractivity contribution in [2.24, 2.45) is 0 Å². The van der Waals surface area contributed by atoms with Crippen molar-refractivity contribution in [3.63, 3.8) is 0 Å². The lowest BCUT2D eigenvalue weighted by Gasteiger charge is -2.08. The molecule has 2 aromatic heterocycles. The molecule has 0 unspecified atom stereocenters. The Morgan fingerprint density at radius 3 is 2.72 bits per heavy atom. The van der Waals surface area contributed by atoms with E-state index in [2.05, 4.69) is 4.98 Å². The topological polar surface area (TPSA) is 69.9 Å². The first-order valence-corrected chi connectivity index (χ1v) is 8.80. The first-order valence-electron chi connectivity index (χ1n) is 7.98. The Hall–Kier alpha value is -2.67. The van der Waals surface area contributed by atoms with Gasteiger partial charge in [0.05, 0.1) is 13.2 Å². The van der Waals surface area contributed by atoms with E-state index in [1.54, 1.807) is 18.2 Å². The second kappa shape index (κ2) is 7.06. The average molecular weight is 358 g/mol. The Balaban J connectivity index is 2.19. The molecule has 0 amide bonds. The molecule has 130 valence electrons. The molecule has 0 radical (unpaired) electrons. The summed E-state index contributed by atoms with van der Waals surface area (Å²) in [5.74, 6) is 0.269. The molecule has 3 rings (SSSR count). The SMILES string of the molecule is CCOC(=O)c1sc2nc(-c3ccccc3OCC)c(C=O)n2c1C. The highest BCUT2D eigenvalue weighted by Gasteiger charge is 2.24. The van der Waals surface area contributed by atoms with E-state index in [0.29, 0.717) is 45.9 Å². The van der Waals surface area contributed by atoms with Crippen LogP contribution >= 0.6 is 11.3 Å². The van der Waals surface area contributed by atoms with Crippen molar-refractivity contribution in [3.8, 4) is 17.0 Å². The first kappa shape index (κ1) is 17.2. The van der Waals surface area contributed by atoms with Gasteiger partial charge in [-0.3, -0.25) is 9.20 Å². The zero-order chi connectivity index (χ0) is 18.0. The normalized spacial score (nSPS) is 10.8. The Kier molecular flexibility index (Phi) is 4.85. The van der Waals surface area contributed by atoms with Crippen LogP contribution in [0.2, 0.25) is 0 Å². The number of carbonyl (C=O) groups excluding carboxylic acids is 2. The number of aldehydes is 1. The molecule has 6 nitrogen and oxygen atoms in total. The molecule has 1 aromatic carbocycles. The van der Waals surface area contributed by atoms with Crippen LogP contribution in [-0.4, -0.2) is 34.9 Å². The second-order valence-electron chi connectivity index (χ2n) is 5.25. The highest BCUT2D eigenvalue weighted by atomic mass is 32.1. The molecule has 0 saturated carbocycles. The van der Waals surface area contributed by atoms with Crippen LogP contribution in [0.1, 0.15) is 39.7 Å². The maximum Gasteiger partial charge on any atom is 0.350 e. The van der Waals surface area contributed by atoms with Crippen LogP contribution < -0.4 is 4.74 Å². The molecular formula is C18H18N2O4S. The lowest BCUT2D eigenvalue weighted by atomic mass is 10.1. The van der Waals surface area contributed by atoms with Crippen LogP contribution in [-0.2, 0) is 4.74 Å². The fraction of sp³-hybridized carbons (Fsp3) is 0.278. The number of aryl methyl sites for hydroxylation is 1. The number of esters is 1. The van der Waals surface area contributed by atoms with E-state index in [0.717, 1.165) is 11.8 Å². The van der Waals surface area contributed by atoms with Gasteiger partial charge < -0.3 is 9.47 Å². The summed E-state index contributed by atoms with van der Waals surface area (Å²) in [7, 11) is 0. The molecule has 0 spiro atoms. The quantitative estimate of drug-likeness (QED) is 0.496. The summed E-state index contributed by atoms with van der Waals surface area (Å²) < 4.78 is 12.4. The number of ether oxygens (including phenoxy) is 2. The highest BCUT2D eigenvalue weighted by molar-refractivity contribution is 7.19. The minimum Gasteiger partial charge on any atom is -0.493 e. The third-order valence-corrected chi connectivity index (χ3v) is 4.88. The fourth-order valence-corrected chi connectivity index (χ4v) is 3.73. The summed E-state index contributed by atoms with van der Waals surface area (Å²) in [6, 6.07) is 7.46. The van der Waals surface area contributed by atoms with E-state index in [1.807, 2.05) is 31.2 Å². The largest absolute Gasteiger partial charge is 0.493 e. The number of aromatic nitrogens is 2. The maximum atomic E-state index is 12.1. The van der Waals surface area contributed by atoms with Gasteiger partial charge in [0.2, 0.25) is 0 Å². The summed E-state index contributed by atoms with van der Waals surface area (Å²) in [6.07, 6.45) is 0.757. The number of para-hydroxylation sites is 1. The van der Waals surface area contributed by atoms with Gasteiger partial charge >= 0.3 is 5.97 Å². The average Bonchev–Trinajstić information content (AvgIpc) is 3.12. The minimum atomic E-state index is -0.399. The van der Waals surface area contributed by atoms with E-state index >= 15 is 0 Å². The smallest absolute Gasteiger partial charge is 0.350 e. The number of nitrogens with zero attached hydrogens (tertiary/aromatic N) is 2. The van der Waals surface area contributed by atoms with Crippen molar-refractivity contribution in [1.29, 1.82) is 0 Å². The third kappa shape index (κ3) is 2.91. The van der Waals surface area contributed by atoms with Crippen LogP contribution in [0.4, 0.5) is 0 Å². The molecule has 25 heavy (non-hydrogen) atoms. The minimum absolute atomic E-state index is 0.298. The summed E-state index contributed by atoms with van der Waals surface area (Å²) in [4.78, 5) is 29.5. The highest BCUT2D eigenvalue weighted by Crippen LogP contribution is 2.35. The van der Waals surface area contributed by atoms with Crippen LogP contribution in [0.25, 0.3) is 16.2 Å². The molecule has 3 aromatic rings. The molecule has 7 heteroatoms. The van der Waals surface area contributed by atoms with Crippen molar-refractivity contribution >= 4 is 28.6 Å². The number of rotatable bonds is 6. The van der Waals surface area contributed by atoms with Crippen LogP contribution in [0, 0.1) is 6.92 Å². The second-order valence-corrected chi connectivity index (χ2v) is 6.23. The van der Waals surface area contributed by atoms with Crippen molar-refractivity contribution in [1.82, 2.24) is 9.38 Å². The van der Waals surface area contributed by atoms with E-state index < -0.39 is 5.97 Å². The number of carbonyl (C=O) groups is 2. The van der Waals surface area contributed by atoms with Crippen LogP contribution in [0.3, 0.4) is 0 Å². The predicted octanol–water partition coefficient (Wildman–Crippen LogP) is 3.76. The molecule has 0 fully saturated rings. The molecule has 0 aliphatic carbocycles. The zero-order valence-corrected chi connectivity index (χ0v) is 15.1. The van der Waals surface area contributed by atoms with Gasteiger partial charge in [0.15, 0.2) is 11.2 Å². The molecule has 0 saturated heterocycles. The number of benzene rings is 1. The fourth-order valence-electron chi connectivity index (χ4n) is 2.71. The van der Waals surface area contributed by atoms with Gasteiger partial charge in [-0.15, -0.1) is 0 Å². The summed E-state index contributed by atoms with van der Waals surface area (Å²) >= 11 is 1.21. The van der Waals surface area contributed by atoms with Crippen LogP contribution in [0.5, 0.6) is 5.75 Å². The van der Waals surface area contributed by atoms with Crippen molar-refractivity contribution in [3.05, 3.63) is 40.5 Å². The lowest BCUT2D eigenvalue weighted by molar-refractivity contribution is 0.0530. The predicted molar refractivity (Wildman–Crippen MR) is 95.8 cm³/mol. The lowest BCUT2D eigenvalue weighted by Crippen LogP contribution is -2.05. The van der Waals surface area contributed by atoms with Crippen molar-refractivity contribution in [2.75, 3.05) is 13.2 Å². The Morgan fingerprint density at radius 1 is 1.28 bits per heavy atom. The van der Waals surface area contributed by atoms with E-state index in [1.165, 1.54) is 11.3 Å². The molecule has 0 aliphatic rings. The molecule has 2 heterocycles. The Labute approximate surface area is 149 Å². The third-order valence-electron chi connectivity index (χ3n) is 3.75. The zero-order valence-electron chi connectivity index (χ0n) is 14.2.